The lowest BCUT2D eigenvalue weighted by Crippen LogP contribution is -2.38. The van der Waals surface area contributed by atoms with Gasteiger partial charge in [0.15, 0.2) is 0 Å². The van der Waals surface area contributed by atoms with E-state index in [1.54, 1.807) is 0 Å². The van der Waals surface area contributed by atoms with Crippen molar-refractivity contribution in [2.75, 3.05) is 33.3 Å². The molecule has 0 aliphatic carbocycles. The number of piperidine rings is 2. The van der Waals surface area contributed by atoms with Crippen molar-refractivity contribution in [3.8, 4) is 0 Å². The van der Waals surface area contributed by atoms with E-state index in [-0.39, 0.29) is 11.9 Å². The molecule has 142 valence electrons. The van der Waals surface area contributed by atoms with Gasteiger partial charge in [0, 0.05) is 25.1 Å². The highest BCUT2D eigenvalue weighted by molar-refractivity contribution is 5.94. The molecule has 2 aliphatic heterocycles. The topological polar surface area (TPSA) is 58.6 Å². The Morgan fingerprint density at radius 1 is 1.08 bits per heavy atom. The van der Waals surface area contributed by atoms with Crippen molar-refractivity contribution >= 4 is 11.9 Å². The molecule has 0 spiro atoms. The summed E-state index contributed by atoms with van der Waals surface area (Å²) in [6, 6.07) is 8.24. The summed E-state index contributed by atoms with van der Waals surface area (Å²) in [5.74, 6) is 1.12. The van der Waals surface area contributed by atoms with E-state index in [9.17, 15) is 9.59 Å². The fraction of sp³-hybridized carbons (Fsp3) is 0.619. The first-order chi connectivity index (χ1) is 12.7. The van der Waals surface area contributed by atoms with Gasteiger partial charge >= 0.3 is 5.97 Å². The average molecular weight is 358 g/mol. The molecule has 0 bridgehead atoms. The molecule has 2 saturated heterocycles. The molecule has 1 aromatic rings. The molecule has 0 atom stereocenters. The van der Waals surface area contributed by atoms with Gasteiger partial charge in [-0.3, -0.25) is 9.59 Å². The number of methoxy groups -OCH3 is 1. The lowest BCUT2D eigenvalue weighted by molar-refractivity contribution is -0.141. The van der Waals surface area contributed by atoms with Gasteiger partial charge in [0.2, 0.25) is 0 Å². The zero-order valence-corrected chi connectivity index (χ0v) is 15.7. The van der Waals surface area contributed by atoms with E-state index in [0.29, 0.717) is 18.3 Å². The van der Waals surface area contributed by atoms with Crippen LogP contribution in [0.5, 0.6) is 0 Å². The van der Waals surface area contributed by atoms with Gasteiger partial charge in [-0.25, -0.2) is 0 Å². The average Bonchev–Trinajstić information content (AvgIpc) is 2.72. The predicted molar refractivity (Wildman–Crippen MR) is 101 cm³/mol. The fourth-order valence-electron chi connectivity index (χ4n) is 4.08. The number of likely N-dealkylation sites (tertiary alicyclic amines) is 1. The summed E-state index contributed by atoms with van der Waals surface area (Å²) in [5, 5.41) is 3.39. The summed E-state index contributed by atoms with van der Waals surface area (Å²) in [7, 11) is 1.43. The van der Waals surface area contributed by atoms with E-state index in [1.807, 2.05) is 17.0 Å². The number of carbonyl (C=O) groups is 2. The summed E-state index contributed by atoms with van der Waals surface area (Å²) in [6.07, 6.45) is 5.62. The number of ether oxygens (including phenoxy) is 1. The summed E-state index contributed by atoms with van der Waals surface area (Å²) < 4.78 is 4.70. The maximum absolute atomic E-state index is 12.7. The maximum atomic E-state index is 12.7. The lowest BCUT2D eigenvalue weighted by atomic mass is 9.89. The third kappa shape index (κ3) is 4.85. The van der Waals surface area contributed by atoms with Crippen LogP contribution < -0.4 is 5.32 Å². The first-order valence-electron chi connectivity index (χ1n) is 9.84. The lowest BCUT2D eigenvalue weighted by Gasteiger charge is -2.32. The molecule has 0 radical (unpaired) electrons. The molecule has 26 heavy (non-hydrogen) atoms. The van der Waals surface area contributed by atoms with Crippen LogP contribution in [0.2, 0.25) is 0 Å². The fourth-order valence-corrected chi connectivity index (χ4v) is 4.08. The van der Waals surface area contributed by atoms with Crippen molar-refractivity contribution in [2.45, 2.75) is 44.4 Å². The largest absolute Gasteiger partial charge is 0.469 e. The predicted octanol–water partition coefficient (Wildman–Crippen LogP) is 2.96. The third-order valence-electron chi connectivity index (χ3n) is 5.85. The highest BCUT2D eigenvalue weighted by atomic mass is 16.5. The van der Waals surface area contributed by atoms with Crippen LogP contribution in [-0.2, 0) is 9.53 Å². The second-order valence-electron chi connectivity index (χ2n) is 7.50. The van der Waals surface area contributed by atoms with E-state index in [2.05, 4.69) is 17.4 Å². The minimum absolute atomic E-state index is 0.133. The Morgan fingerprint density at radius 3 is 2.35 bits per heavy atom. The van der Waals surface area contributed by atoms with Crippen LogP contribution in [0.4, 0.5) is 0 Å². The van der Waals surface area contributed by atoms with Crippen LogP contribution in [0, 0.1) is 5.92 Å². The molecule has 5 nitrogen and oxygen atoms in total. The van der Waals surface area contributed by atoms with E-state index in [1.165, 1.54) is 25.5 Å². The van der Waals surface area contributed by atoms with Gasteiger partial charge in [-0.15, -0.1) is 0 Å². The molecular formula is C21H30N2O3. The zero-order chi connectivity index (χ0) is 18.4. The Morgan fingerprint density at radius 2 is 1.73 bits per heavy atom. The van der Waals surface area contributed by atoms with Crippen molar-refractivity contribution in [2.24, 2.45) is 5.92 Å². The smallest absolute Gasteiger partial charge is 0.305 e. The zero-order valence-electron chi connectivity index (χ0n) is 15.7. The van der Waals surface area contributed by atoms with Gasteiger partial charge in [0.25, 0.3) is 5.91 Å². The van der Waals surface area contributed by atoms with Crippen molar-refractivity contribution in [1.82, 2.24) is 10.2 Å². The van der Waals surface area contributed by atoms with E-state index < -0.39 is 0 Å². The van der Waals surface area contributed by atoms with Gasteiger partial charge in [-0.05, 0) is 74.7 Å². The Hall–Kier alpha value is -1.88. The van der Waals surface area contributed by atoms with Crippen LogP contribution in [0.25, 0.3) is 0 Å². The number of carbonyl (C=O) groups excluding carboxylic acids is 2. The van der Waals surface area contributed by atoms with Gasteiger partial charge in [0.05, 0.1) is 7.11 Å². The maximum Gasteiger partial charge on any atom is 0.305 e. The van der Waals surface area contributed by atoms with Crippen LogP contribution in [0.15, 0.2) is 24.3 Å². The summed E-state index contributed by atoms with van der Waals surface area (Å²) in [5.41, 5.74) is 2.14. The number of nitrogens with one attached hydrogen (secondary N) is 1. The molecule has 0 unspecified atom stereocenters. The molecule has 2 fully saturated rings. The van der Waals surface area contributed by atoms with Gasteiger partial charge < -0.3 is 15.0 Å². The van der Waals surface area contributed by atoms with Crippen molar-refractivity contribution in [1.29, 1.82) is 0 Å². The highest BCUT2D eigenvalue weighted by Gasteiger charge is 2.24. The minimum Gasteiger partial charge on any atom is -0.469 e. The van der Waals surface area contributed by atoms with Crippen LogP contribution in [0.3, 0.4) is 0 Å². The van der Waals surface area contributed by atoms with Crippen LogP contribution >= 0.6 is 0 Å². The molecule has 0 aromatic heterocycles. The van der Waals surface area contributed by atoms with Gasteiger partial charge in [-0.2, -0.15) is 0 Å². The number of hydrogen-bond acceptors (Lipinski definition) is 4. The molecule has 5 heteroatoms. The number of esters is 1. The summed E-state index contributed by atoms with van der Waals surface area (Å²) >= 11 is 0. The number of hydrogen-bond donors (Lipinski definition) is 1. The molecule has 2 aliphatic rings. The third-order valence-corrected chi connectivity index (χ3v) is 5.85. The second-order valence-corrected chi connectivity index (χ2v) is 7.50. The van der Waals surface area contributed by atoms with E-state index in [4.69, 9.17) is 4.74 Å². The number of rotatable bonds is 5. The molecule has 1 aromatic carbocycles. The molecule has 3 rings (SSSR count). The Kier molecular flexibility index (Phi) is 6.67. The Balaban J connectivity index is 1.49. The van der Waals surface area contributed by atoms with E-state index >= 15 is 0 Å². The van der Waals surface area contributed by atoms with Crippen LogP contribution in [-0.4, -0.2) is 50.1 Å². The minimum atomic E-state index is -0.141. The Bertz CT molecular complexity index is 600. The molecular weight excluding hydrogens is 328 g/mol. The normalized spacial score (nSPS) is 19.3. The standard InChI is InChI=1S/C21H30N2O3/c1-26-20(24)7-2-16-10-14-23(15-11-16)21(25)19-5-3-17(4-6-19)18-8-12-22-13-9-18/h3-6,16,18,22H,2,7-15H2,1H3. The van der Waals surface area contributed by atoms with Crippen molar-refractivity contribution in [3.63, 3.8) is 0 Å². The molecule has 0 saturated carbocycles. The molecule has 2 heterocycles. The first-order valence-corrected chi connectivity index (χ1v) is 9.84. The number of amides is 1. The van der Waals surface area contributed by atoms with Crippen LogP contribution in [0.1, 0.15) is 60.4 Å². The second kappa shape index (κ2) is 9.17. The number of nitrogens with zero attached hydrogens (tertiary/aromatic N) is 1. The molecule has 1 amide bonds. The first kappa shape index (κ1) is 18.9. The van der Waals surface area contributed by atoms with Crippen molar-refractivity contribution in [3.05, 3.63) is 35.4 Å². The highest BCUT2D eigenvalue weighted by Crippen LogP contribution is 2.26. The summed E-state index contributed by atoms with van der Waals surface area (Å²) in [6.45, 7) is 3.72. The summed E-state index contributed by atoms with van der Waals surface area (Å²) in [4.78, 5) is 26.0. The number of benzene rings is 1. The van der Waals surface area contributed by atoms with Crippen molar-refractivity contribution < 1.29 is 14.3 Å². The van der Waals surface area contributed by atoms with Gasteiger partial charge in [-0.1, -0.05) is 12.1 Å². The molecule has 1 N–H and O–H groups in total. The van der Waals surface area contributed by atoms with Gasteiger partial charge in [0.1, 0.15) is 0 Å². The SMILES string of the molecule is COC(=O)CCC1CCN(C(=O)c2ccc(C3CCNCC3)cc2)CC1. The quantitative estimate of drug-likeness (QED) is 0.822. The van der Waals surface area contributed by atoms with E-state index in [0.717, 1.165) is 51.0 Å². The monoisotopic (exact) mass is 358 g/mol. The Labute approximate surface area is 156 Å².